The number of hydrogen-bond acceptors (Lipinski definition) is 4. The van der Waals surface area contributed by atoms with Crippen LogP contribution in [0.1, 0.15) is 18.7 Å². The maximum absolute atomic E-state index is 6.05. The summed E-state index contributed by atoms with van der Waals surface area (Å²) < 4.78 is -0.432. The van der Waals surface area contributed by atoms with E-state index >= 15 is 0 Å². The number of nitrogens with one attached hydrogen (secondary N) is 1. The molecule has 0 aromatic carbocycles. The first-order valence-electron chi connectivity index (χ1n) is 6.79. The van der Waals surface area contributed by atoms with Gasteiger partial charge in [0.25, 0.3) is 0 Å². The molecule has 1 aromatic rings. The lowest BCUT2D eigenvalue weighted by Crippen LogP contribution is -2.47. The van der Waals surface area contributed by atoms with Gasteiger partial charge in [0.2, 0.25) is 5.95 Å². The molecule has 0 amide bonds. The molecule has 1 N–H and O–H groups in total. The maximum atomic E-state index is 6.05. The summed E-state index contributed by atoms with van der Waals surface area (Å²) in [5.41, 5.74) is 0. The van der Waals surface area contributed by atoms with Gasteiger partial charge < -0.3 is 4.90 Å². The Morgan fingerprint density at radius 1 is 1.32 bits per heavy atom. The number of aromatic amines is 1. The van der Waals surface area contributed by atoms with Crippen LogP contribution in [0, 0.1) is 12.8 Å². The van der Waals surface area contributed by atoms with Crippen molar-refractivity contribution in [1.29, 1.82) is 0 Å². The second kappa shape index (κ2) is 5.11. The van der Waals surface area contributed by atoms with Crippen molar-refractivity contribution in [1.82, 2.24) is 20.1 Å². The number of aromatic nitrogens is 3. The molecule has 3 rings (SSSR count). The Bertz CT molecular complexity index is 439. The van der Waals surface area contributed by atoms with Crippen molar-refractivity contribution in [2.24, 2.45) is 5.92 Å². The number of piperazine rings is 1. The predicted octanol–water partition coefficient (Wildman–Crippen LogP) is 1.82. The van der Waals surface area contributed by atoms with Crippen LogP contribution in [0.2, 0.25) is 0 Å². The summed E-state index contributed by atoms with van der Waals surface area (Å²) in [7, 11) is 0. The molecule has 1 saturated heterocycles. The van der Waals surface area contributed by atoms with Gasteiger partial charge in [0.15, 0.2) is 0 Å². The molecular formula is C12H19Cl2N5. The second-order valence-corrected chi connectivity index (χ2v) is 7.04. The summed E-state index contributed by atoms with van der Waals surface area (Å²) in [5, 5.41) is 7.09. The van der Waals surface area contributed by atoms with Gasteiger partial charge in [-0.1, -0.05) is 0 Å². The normalized spacial score (nSPS) is 26.7. The number of anilines is 1. The summed E-state index contributed by atoms with van der Waals surface area (Å²) >= 11 is 12.1. The minimum absolute atomic E-state index is 0.432. The smallest absolute Gasteiger partial charge is 0.244 e. The molecule has 2 heterocycles. The van der Waals surface area contributed by atoms with Crippen molar-refractivity contribution in [3.8, 4) is 0 Å². The first kappa shape index (κ1) is 13.5. The minimum atomic E-state index is -0.432. The maximum Gasteiger partial charge on any atom is 0.244 e. The Morgan fingerprint density at radius 3 is 2.53 bits per heavy atom. The zero-order chi connectivity index (χ0) is 13.5. The Labute approximate surface area is 123 Å². The summed E-state index contributed by atoms with van der Waals surface area (Å²) in [6.45, 7) is 7.08. The van der Waals surface area contributed by atoms with E-state index in [0.717, 1.165) is 57.3 Å². The van der Waals surface area contributed by atoms with E-state index < -0.39 is 4.33 Å². The summed E-state index contributed by atoms with van der Waals surface area (Å²) in [6, 6.07) is 0. The molecule has 19 heavy (non-hydrogen) atoms. The fraction of sp³-hybridized carbons (Fsp3) is 0.833. The molecule has 0 spiro atoms. The highest BCUT2D eigenvalue weighted by molar-refractivity contribution is 6.50. The molecule has 1 aliphatic heterocycles. The van der Waals surface area contributed by atoms with E-state index in [9.17, 15) is 0 Å². The lowest BCUT2D eigenvalue weighted by molar-refractivity contribution is 0.249. The summed E-state index contributed by atoms with van der Waals surface area (Å²) in [5.74, 6) is 2.18. The first-order valence-corrected chi connectivity index (χ1v) is 7.54. The van der Waals surface area contributed by atoms with Crippen LogP contribution in [0.3, 0.4) is 0 Å². The highest BCUT2D eigenvalue weighted by Gasteiger charge is 2.50. The zero-order valence-electron chi connectivity index (χ0n) is 11.1. The highest BCUT2D eigenvalue weighted by atomic mass is 35.5. The molecule has 1 unspecified atom stereocenters. The first-order chi connectivity index (χ1) is 9.04. The lowest BCUT2D eigenvalue weighted by atomic mass is 10.2. The van der Waals surface area contributed by atoms with Crippen molar-refractivity contribution in [3.05, 3.63) is 5.82 Å². The SMILES string of the molecule is Cc1nc(N2CCN(CCC3CC3(Cl)Cl)CC2)n[nH]1. The quantitative estimate of drug-likeness (QED) is 0.862. The number of rotatable bonds is 4. The van der Waals surface area contributed by atoms with E-state index in [1.807, 2.05) is 6.92 Å². The van der Waals surface area contributed by atoms with Gasteiger partial charge in [0, 0.05) is 26.2 Å². The Morgan fingerprint density at radius 2 is 2.00 bits per heavy atom. The van der Waals surface area contributed by atoms with Crippen LogP contribution in [0.4, 0.5) is 5.95 Å². The van der Waals surface area contributed by atoms with Crippen molar-refractivity contribution in [2.75, 3.05) is 37.6 Å². The van der Waals surface area contributed by atoms with Crippen molar-refractivity contribution >= 4 is 29.2 Å². The number of aryl methyl sites for hydroxylation is 1. The molecule has 0 bridgehead atoms. The monoisotopic (exact) mass is 303 g/mol. The van der Waals surface area contributed by atoms with Crippen LogP contribution < -0.4 is 4.90 Å². The van der Waals surface area contributed by atoms with E-state index in [1.54, 1.807) is 0 Å². The minimum Gasteiger partial charge on any atom is -0.337 e. The zero-order valence-corrected chi connectivity index (χ0v) is 12.6. The van der Waals surface area contributed by atoms with E-state index in [1.165, 1.54) is 0 Å². The Balaban J connectivity index is 1.42. The lowest BCUT2D eigenvalue weighted by Gasteiger charge is -2.34. The molecule has 1 aliphatic carbocycles. The molecule has 0 radical (unpaired) electrons. The third-order valence-electron chi connectivity index (χ3n) is 3.99. The molecule has 7 heteroatoms. The third-order valence-corrected chi connectivity index (χ3v) is 4.92. The van der Waals surface area contributed by atoms with Gasteiger partial charge in [0.1, 0.15) is 10.2 Å². The molecule has 106 valence electrons. The summed E-state index contributed by atoms with van der Waals surface area (Å²) in [6.07, 6.45) is 2.05. The van der Waals surface area contributed by atoms with E-state index in [4.69, 9.17) is 23.2 Å². The molecule has 1 saturated carbocycles. The fourth-order valence-electron chi connectivity index (χ4n) is 2.57. The molecule has 1 aromatic heterocycles. The van der Waals surface area contributed by atoms with Gasteiger partial charge in [-0.05, 0) is 32.2 Å². The van der Waals surface area contributed by atoms with E-state index in [2.05, 4.69) is 25.0 Å². The third kappa shape index (κ3) is 3.15. The van der Waals surface area contributed by atoms with Crippen molar-refractivity contribution in [2.45, 2.75) is 24.1 Å². The Hall–Kier alpha value is -0.520. The fourth-order valence-corrected chi connectivity index (χ4v) is 3.16. The van der Waals surface area contributed by atoms with Gasteiger partial charge in [-0.2, -0.15) is 4.98 Å². The summed E-state index contributed by atoms with van der Waals surface area (Å²) in [4.78, 5) is 9.07. The molecule has 2 aliphatic rings. The highest BCUT2D eigenvalue weighted by Crippen LogP contribution is 2.54. The van der Waals surface area contributed by atoms with E-state index in [-0.39, 0.29) is 0 Å². The van der Waals surface area contributed by atoms with Gasteiger partial charge in [-0.25, -0.2) is 0 Å². The van der Waals surface area contributed by atoms with Crippen molar-refractivity contribution in [3.63, 3.8) is 0 Å². The number of nitrogens with zero attached hydrogens (tertiary/aromatic N) is 4. The Kier molecular flexibility index (Phi) is 3.62. The molecular weight excluding hydrogens is 285 g/mol. The van der Waals surface area contributed by atoms with Crippen molar-refractivity contribution < 1.29 is 0 Å². The van der Waals surface area contributed by atoms with Crippen LogP contribution >= 0.6 is 23.2 Å². The van der Waals surface area contributed by atoms with Crippen LogP contribution in [0.5, 0.6) is 0 Å². The number of H-pyrrole nitrogens is 1. The average Bonchev–Trinajstić information content (AvgIpc) is 2.79. The number of hydrogen-bond donors (Lipinski definition) is 1. The van der Waals surface area contributed by atoms with Gasteiger partial charge in [0.05, 0.1) is 0 Å². The largest absolute Gasteiger partial charge is 0.337 e. The molecule has 1 atom stereocenters. The predicted molar refractivity (Wildman–Crippen MR) is 76.9 cm³/mol. The van der Waals surface area contributed by atoms with Crippen LogP contribution in [0.15, 0.2) is 0 Å². The topological polar surface area (TPSA) is 48.1 Å². The number of alkyl halides is 2. The second-order valence-electron chi connectivity index (χ2n) is 5.50. The number of halogens is 2. The van der Waals surface area contributed by atoms with Crippen LogP contribution in [-0.2, 0) is 0 Å². The van der Waals surface area contributed by atoms with Gasteiger partial charge in [-0.3, -0.25) is 10.00 Å². The van der Waals surface area contributed by atoms with Gasteiger partial charge >= 0.3 is 0 Å². The van der Waals surface area contributed by atoms with Crippen LogP contribution in [0.25, 0.3) is 0 Å². The average molecular weight is 304 g/mol. The molecule has 2 fully saturated rings. The van der Waals surface area contributed by atoms with E-state index in [0.29, 0.717) is 5.92 Å². The standard InChI is InChI=1S/C12H19Cl2N5/c1-9-15-11(17-16-9)19-6-4-18(5-7-19)3-2-10-8-12(10,13)14/h10H,2-8H2,1H3,(H,15,16,17). The van der Waals surface area contributed by atoms with Gasteiger partial charge in [-0.15, -0.1) is 28.3 Å². The molecule has 5 nitrogen and oxygen atoms in total. The van der Waals surface area contributed by atoms with Crippen LogP contribution in [-0.4, -0.2) is 57.1 Å².